The van der Waals surface area contributed by atoms with Gasteiger partial charge in [-0.15, -0.1) is 11.6 Å². The molecule has 78 valence electrons. The zero-order valence-corrected chi connectivity index (χ0v) is 8.76. The predicted octanol–water partition coefficient (Wildman–Crippen LogP) is 1.23. The number of hydrogen-bond acceptors (Lipinski definition) is 1. The molecule has 0 aromatic heterocycles. The Morgan fingerprint density at radius 3 is 1.77 bits per heavy atom. The van der Waals surface area contributed by atoms with Crippen molar-refractivity contribution in [1.29, 1.82) is 0 Å². The predicted molar refractivity (Wildman–Crippen MR) is 56.3 cm³/mol. The molecular formula is C6H17ClNaO4P. The van der Waals surface area contributed by atoms with Crippen molar-refractivity contribution in [3.63, 3.8) is 0 Å². The van der Waals surface area contributed by atoms with Crippen LogP contribution in [0.1, 0.15) is 32.6 Å². The van der Waals surface area contributed by atoms with Crippen molar-refractivity contribution in [3.8, 4) is 0 Å². The molecule has 0 spiro atoms. The first-order chi connectivity index (χ1) is 5.41. The molecule has 0 aliphatic rings. The van der Waals surface area contributed by atoms with Crippen molar-refractivity contribution in [1.82, 2.24) is 0 Å². The molecule has 0 unspecified atom stereocenters. The molecule has 7 heteroatoms. The maximum atomic E-state index is 8.88. The number of rotatable bonds is 4. The SMILES string of the molecule is CCCCCCCl.O=P(O)(O)O.[NaH]. The Kier molecular flexibility index (Phi) is 20.5. The molecule has 0 radical (unpaired) electrons. The van der Waals surface area contributed by atoms with Crippen molar-refractivity contribution >= 4 is 49.0 Å². The number of phosphoric acid groups is 1. The summed E-state index contributed by atoms with van der Waals surface area (Å²) in [5.74, 6) is 0.833. The standard InChI is InChI=1S/C6H13Cl.Na.H3O4P.H/c1-2-3-4-5-6-7;;1-5(2,3)4;/h2-6H2,1H3;;(H3,1,2,3,4);. The van der Waals surface area contributed by atoms with E-state index in [1.54, 1.807) is 0 Å². The fourth-order valence-electron chi connectivity index (χ4n) is 0.521. The van der Waals surface area contributed by atoms with Crippen LogP contribution in [0.4, 0.5) is 0 Å². The average molecular weight is 243 g/mol. The quantitative estimate of drug-likeness (QED) is 0.300. The molecule has 0 fully saturated rings. The Morgan fingerprint density at radius 2 is 1.54 bits per heavy atom. The topological polar surface area (TPSA) is 77.8 Å². The summed E-state index contributed by atoms with van der Waals surface area (Å²) in [6, 6.07) is 0. The zero-order valence-electron chi connectivity index (χ0n) is 7.11. The monoisotopic (exact) mass is 242 g/mol. The second-order valence-electron chi connectivity index (χ2n) is 2.26. The van der Waals surface area contributed by atoms with E-state index in [2.05, 4.69) is 6.92 Å². The van der Waals surface area contributed by atoms with Gasteiger partial charge < -0.3 is 14.7 Å². The minimum atomic E-state index is -4.64. The summed E-state index contributed by atoms with van der Waals surface area (Å²) in [5, 5.41) is 0. The van der Waals surface area contributed by atoms with Gasteiger partial charge in [0.05, 0.1) is 0 Å². The fraction of sp³-hybridized carbons (Fsp3) is 1.00. The molecule has 3 N–H and O–H groups in total. The summed E-state index contributed by atoms with van der Waals surface area (Å²) in [4.78, 5) is 21.6. The van der Waals surface area contributed by atoms with Gasteiger partial charge in [0.1, 0.15) is 0 Å². The van der Waals surface area contributed by atoms with E-state index < -0.39 is 7.82 Å². The first kappa shape index (κ1) is 19.9. The number of hydrogen-bond donors (Lipinski definition) is 3. The van der Waals surface area contributed by atoms with Crippen LogP contribution in [0.2, 0.25) is 0 Å². The van der Waals surface area contributed by atoms with E-state index >= 15 is 0 Å². The zero-order chi connectivity index (χ0) is 10.0. The van der Waals surface area contributed by atoms with E-state index in [0.717, 1.165) is 5.88 Å². The molecule has 0 amide bonds. The van der Waals surface area contributed by atoms with Gasteiger partial charge in [0.15, 0.2) is 0 Å². The average Bonchev–Trinajstić information content (AvgIpc) is 1.85. The van der Waals surface area contributed by atoms with E-state index in [-0.39, 0.29) is 29.6 Å². The van der Waals surface area contributed by atoms with E-state index in [1.807, 2.05) is 0 Å². The first-order valence-corrected chi connectivity index (χ1v) is 5.86. The third-order valence-electron chi connectivity index (χ3n) is 0.987. The molecule has 0 aromatic carbocycles. The molecule has 0 rings (SSSR count). The Balaban J connectivity index is -0.000000150. The van der Waals surface area contributed by atoms with Crippen LogP contribution in [0.15, 0.2) is 0 Å². The van der Waals surface area contributed by atoms with Gasteiger partial charge in [-0.05, 0) is 6.42 Å². The summed E-state index contributed by atoms with van der Waals surface area (Å²) in [7, 11) is -4.64. The third kappa shape index (κ3) is 59.7. The molecule has 0 atom stereocenters. The molecule has 0 saturated heterocycles. The van der Waals surface area contributed by atoms with Gasteiger partial charge in [0.25, 0.3) is 0 Å². The molecule has 4 nitrogen and oxygen atoms in total. The summed E-state index contributed by atoms with van der Waals surface area (Å²) in [6.07, 6.45) is 5.14. The molecule has 0 saturated carbocycles. The van der Waals surface area contributed by atoms with E-state index in [4.69, 9.17) is 30.8 Å². The first-order valence-electron chi connectivity index (χ1n) is 3.76. The van der Waals surface area contributed by atoms with Crippen molar-refractivity contribution in [2.75, 3.05) is 5.88 Å². The van der Waals surface area contributed by atoms with Gasteiger partial charge in [-0.25, -0.2) is 4.57 Å². The van der Waals surface area contributed by atoms with Crippen molar-refractivity contribution < 1.29 is 19.2 Å². The van der Waals surface area contributed by atoms with E-state index in [9.17, 15) is 0 Å². The van der Waals surface area contributed by atoms with Crippen LogP contribution in [0.5, 0.6) is 0 Å². The van der Waals surface area contributed by atoms with Gasteiger partial charge in [-0.1, -0.05) is 26.2 Å². The summed E-state index contributed by atoms with van der Waals surface area (Å²) in [6.45, 7) is 2.20. The molecular weight excluding hydrogens is 225 g/mol. The van der Waals surface area contributed by atoms with Gasteiger partial charge in [0, 0.05) is 5.88 Å². The molecule has 0 bridgehead atoms. The van der Waals surface area contributed by atoms with Crippen LogP contribution in [0.3, 0.4) is 0 Å². The molecule has 0 aliphatic carbocycles. The van der Waals surface area contributed by atoms with Crippen LogP contribution in [-0.4, -0.2) is 50.1 Å². The van der Waals surface area contributed by atoms with Crippen LogP contribution in [-0.2, 0) is 4.57 Å². The van der Waals surface area contributed by atoms with Gasteiger partial charge in [-0.3, -0.25) is 0 Å². The number of unbranched alkanes of at least 4 members (excludes halogenated alkanes) is 3. The number of alkyl halides is 1. The maximum absolute atomic E-state index is 8.88. The fourth-order valence-corrected chi connectivity index (χ4v) is 0.710. The van der Waals surface area contributed by atoms with Crippen LogP contribution < -0.4 is 0 Å². The Morgan fingerprint density at radius 1 is 1.15 bits per heavy atom. The Hall–Kier alpha value is 1.40. The Bertz CT molecular complexity index is 118. The number of halogens is 1. The van der Waals surface area contributed by atoms with Crippen LogP contribution in [0.25, 0.3) is 0 Å². The van der Waals surface area contributed by atoms with Crippen LogP contribution in [0, 0.1) is 0 Å². The molecule has 0 aromatic rings. The third-order valence-corrected chi connectivity index (χ3v) is 1.25. The van der Waals surface area contributed by atoms with Crippen molar-refractivity contribution in [2.45, 2.75) is 32.6 Å². The normalized spacial score (nSPS) is 9.62. The van der Waals surface area contributed by atoms with Gasteiger partial charge in [0.2, 0.25) is 0 Å². The summed E-state index contributed by atoms with van der Waals surface area (Å²) >= 11 is 5.44. The molecule has 13 heavy (non-hydrogen) atoms. The summed E-state index contributed by atoms with van der Waals surface area (Å²) in [5.41, 5.74) is 0. The second-order valence-corrected chi connectivity index (χ2v) is 3.67. The van der Waals surface area contributed by atoms with Crippen molar-refractivity contribution in [2.24, 2.45) is 0 Å². The Labute approximate surface area is 106 Å². The van der Waals surface area contributed by atoms with Crippen molar-refractivity contribution in [3.05, 3.63) is 0 Å². The van der Waals surface area contributed by atoms with Gasteiger partial charge in [-0.2, -0.15) is 0 Å². The van der Waals surface area contributed by atoms with Crippen LogP contribution >= 0.6 is 19.4 Å². The van der Waals surface area contributed by atoms with E-state index in [1.165, 1.54) is 25.7 Å². The second kappa shape index (κ2) is 13.4. The van der Waals surface area contributed by atoms with E-state index in [0.29, 0.717) is 0 Å². The van der Waals surface area contributed by atoms with Gasteiger partial charge >= 0.3 is 37.4 Å². The molecule has 0 heterocycles. The minimum absolute atomic E-state index is 0. The summed E-state index contributed by atoms with van der Waals surface area (Å²) < 4.78 is 8.88. The molecule has 0 aliphatic heterocycles.